The second kappa shape index (κ2) is 13.2. The first-order valence-electron chi connectivity index (χ1n) is 11.2. The van der Waals surface area contributed by atoms with Crippen LogP contribution in [-0.2, 0) is 13.6 Å². The van der Waals surface area contributed by atoms with Crippen LogP contribution in [-0.4, -0.2) is 39.8 Å². The molecule has 5 heteroatoms. The molecule has 0 spiro atoms. The maximum Gasteiger partial charge on any atom is 0.374 e. The Morgan fingerprint density at radius 2 is 1.42 bits per heavy atom. The topological polar surface area (TPSA) is 27.7 Å². The number of hydrogen-bond acceptors (Lipinski definition) is 3. The Balaban J connectivity index is 2.71. The summed E-state index contributed by atoms with van der Waals surface area (Å²) in [6.07, 6.45) is 11.2. The number of halogens is 1. The summed E-state index contributed by atoms with van der Waals surface area (Å²) in [5.74, 6) is 0. The highest BCUT2D eigenvalue weighted by Crippen LogP contribution is 2.45. The van der Waals surface area contributed by atoms with Gasteiger partial charge in [0, 0.05) is 19.8 Å². The summed E-state index contributed by atoms with van der Waals surface area (Å²) >= 11 is 0. The molecule has 1 aliphatic rings. The van der Waals surface area contributed by atoms with E-state index < -0.39 is 20.0 Å². The lowest BCUT2D eigenvalue weighted by Gasteiger charge is -2.51. The Morgan fingerprint density at radius 1 is 0.846 bits per heavy atom. The molecule has 26 heavy (non-hydrogen) atoms. The zero-order valence-electron chi connectivity index (χ0n) is 17.8. The first kappa shape index (κ1) is 24.1. The van der Waals surface area contributed by atoms with Gasteiger partial charge in [-0.2, -0.15) is 0 Å². The van der Waals surface area contributed by atoms with E-state index in [2.05, 4.69) is 6.92 Å². The molecule has 1 aliphatic heterocycles. The lowest BCUT2D eigenvalue weighted by atomic mass is 10.0. The van der Waals surface area contributed by atoms with Crippen molar-refractivity contribution in [2.75, 3.05) is 19.8 Å². The van der Waals surface area contributed by atoms with Crippen LogP contribution in [0.4, 0.5) is 4.39 Å². The zero-order chi connectivity index (χ0) is 19.3. The molecular weight excluding hydrogens is 347 g/mol. The fourth-order valence-electron chi connectivity index (χ4n) is 4.49. The number of hydrogen-bond donors (Lipinski definition) is 0. The monoisotopic (exact) mass is 390 g/mol. The highest BCUT2D eigenvalue weighted by atomic mass is 28.4. The van der Waals surface area contributed by atoms with Gasteiger partial charge in [-0.15, -0.1) is 0 Å². The van der Waals surface area contributed by atoms with Crippen molar-refractivity contribution in [2.24, 2.45) is 0 Å². The Morgan fingerprint density at radius 3 is 1.96 bits per heavy atom. The molecule has 0 saturated carbocycles. The van der Waals surface area contributed by atoms with Crippen LogP contribution < -0.4 is 0 Å². The Labute approximate surface area is 162 Å². The Kier molecular flexibility index (Phi) is 12.3. The first-order valence-corrected chi connectivity index (χ1v) is 13.2. The first-order chi connectivity index (χ1) is 12.6. The standard InChI is InChI=1S/C21H43FO3Si/c1-5-9-10-11-12-13-14-15-18-21(23-6-2)20(22)17-16-19-26(21,24-7-3)25-8-4/h20H,5-19H2,1-4H3. The fraction of sp³-hybridized carbons (Fsp3) is 1.00. The van der Waals surface area contributed by atoms with Crippen LogP contribution in [0.15, 0.2) is 0 Å². The molecule has 0 aromatic rings. The van der Waals surface area contributed by atoms with Crippen molar-refractivity contribution >= 4 is 8.56 Å². The van der Waals surface area contributed by atoms with E-state index in [4.69, 9.17) is 13.6 Å². The number of unbranched alkanes of at least 4 members (excludes halogenated alkanes) is 7. The van der Waals surface area contributed by atoms with Crippen LogP contribution in [0.5, 0.6) is 0 Å². The minimum atomic E-state index is -2.73. The lowest BCUT2D eigenvalue weighted by Crippen LogP contribution is -2.70. The van der Waals surface area contributed by atoms with E-state index in [1.807, 2.05) is 20.8 Å². The molecule has 0 bridgehead atoms. The van der Waals surface area contributed by atoms with Crippen molar-refractivity contribution in [2.45, 2.75) is 116 Å². The molecule has 3 nitrogen and oxygen atoms in total. The van der Waals surface area contributed by atoms with Gasteiger partial charge in [-0.25, -0.2) is 4.39 Å². The molecule has 0 radical (unpaired) electrons. The van der Waals surface area contributed by atoms with Crippen molar-refractivity contribution in [1.29, 1.82) is 0 Å². The normalized spacial score (nSPS) is 25.5. The van der Waals surface area contributed by atoms with E-state index in [1.165, 1.54) is 38.5 Å². The van der Waals surface area contributed by atoms with Gasteiger partial charge >= 0.3 is 8.56 Å². The van der Waals surface area contributed by atoms with Crippen molar-refractivity contribution in [3.05, 3.63) is 0 Å². The van der Waals surface area contributed by atoms with E-state index >= 15 is 4.39 Å². The van der Waals surface area contributed by atoms with Gasteiger partial charge in [0.2, 0.25) is 0 Å². The fourth-order valence-corrected chi connectivity index (χ4v) is 8.92. The van der Waals surface area contributed by atoms with Gasteiger partial charge in [0.1, 0.15) is 11.4 Å². The molecule has 1 saturated heterocycles. The van der Waals surface area contributed by atoms with Crippen LogP contribution in [0.1, 0.15) is 98.3 Å². The SMILES string of the molecule is CCCCCCCCCCC1(OCC)C(F)CCC[Si]1(OCC)OCC. The number of alkyl halides is 1. The Hall–Kier alpha value is 0.0269. The van der Waals surface area contributed by atoms with Crippen molar-refractivity contribution < 1.29 is 18.0 Å². The molecule has 1 fully saturated rings. The van der Waals surface area contributed by atoms with Gasteiger partial charge < -0.3 is 13.6 Å². The quantitative estimate of drug-likeness (QED) is 0.237. The average Bonchev–Trinajstić information content (AvgIpc) is 2.62. The molecule has 0 aromatic heterocycles. The van der Waals surface area contributed by atoms with E-state index in [0.717, 1.165) is 31.7 Å². The van der Waals surface area contributed by atoms with Crippen LogP contribution in [0, 0.1) is 0 Å². The number of rotatable bonds is 15. The number of ether oxygens (including phenoxy) is 1. The van der Waals surface area contributed by atoms with Gasteiger partial charge in [-0.05, 0) is 46.1 Å². The molecule has 2 unspecified atom stereocenters. The molecular formula is C21H43FO3Si. The van der Waals surface area contributed by atoms with Gasteiger partial charge in [-0.3, -0.25) is 0 Å². The molecule has 0 N–H and O–H groups in total. The van der Waals surface area contributed by atoms with Crippen molar-refractivity contribution in [1.82, 2.24) is 0 Å². The molecule has 0 aliphatic carbocycles. The second-order valence-corrected chi connectivity index (χ2v) is 11.0. The third kappa shape index (κ3) is 6.28. The summed E-state index contributed by atoms with van der Waals surface area (Å²) in [5.41, 5.74) is 0. The summed E-state index contributed by atoms with van der Waals surface area (Å²) in [7, 11) is -2.73. The van der Waals surface area contributed by atoms with Gasteiger partial charge in [0.05, 0.1) is 0 Å². The van der Waals surface area contributed by atoms with E-state index in [1.54, 1.807) is 0 Å². The predicted octanol–water partition coefficient (Wildman–Crippen LogP) is 6.48. The van der Waals surface area contributed by atoms with E-state index in [9.17, 15) is 0 Å². The molecule has 0 aromatic carbocycles. The largest absolute Gasteiger partial charge is 0.393 e. The van der Waals surface area contributed by atoms with Crippen LogP contribution in [0.2, 0.25) is 6.04 Å². The maximum atomic E-state index is 15.3. The molecule has 156 valence electrons. The lowest BCUT2D eigenvalue weighted by molar-refractivity contribution is -0.0894. The third-order valence-electron chi connectivity index (χ3n) is 5.67. The van der Waals surface area contributed by atoms with Gasteiger partial charge in [-0.1, -0.05) is 58.3 Å². The Bertz CT molecular complexity index is 345. The summed E-state index contributed by atoms with van der Waals surface area (Å²) < 4.78 is 33.9. The average molecular weight is 391 g/mol. The summed E-state index contributed by atoms with van der Waals surface area (Å²) in [6, 6.07) is 0.853. The van der Waals surface area contributed by atoms with Crippen molar-refractivity contribution in [3.8, 4) is 0 Å². The highest BCUT2D eigenvalue weighted by Gasteiger charge is 2.64. The van der Waals surface area contributed by atoms with Crippen LogP contribution in [0.25, 0.3) is 0 Å². The minimum absolute atomic E-state index is 0.520. The van der Waals surface area contributed by atoms with Gasteiger partial charge in [0.15, 0.2) is 0 Å². The maximum absolute atomic E-state index is 15.3. The predicted molar refractivity (Wildman–Crippen MR) is 110 cm³/mol. The summed E-state index contributed by atoms with van der Waals surface area (Å²) in [5, 5.41) is -0.825. The molecule has 1 heterocycles. The molecule has 0 amide bonds. The highest BCUT2D eigenvalue weighted by molar-refractivity contribution is 6.71. The van der Waals surface area contributed by atoms with Crippen LogP contribution in [0.3, 0.4) is 0 Å². The van der Waals surface area contributed by atoms with E-state index in [0.29, 0.717) is 26.2 Å². The summed E-state index contributed by atoms with van der Waals surface area (Å²) in [6.45, 7) is 9.86. The van der Waals surface area contributed by atoms with Crippen LogP contribution >= 0.6 is 0 Å². The van der Waals surface area contributed by atoms with Crippen molar-refractivity contribution in [3.63, 3.8) is 0 Å². The second-order valence-electron chi connectivity index (χ2n) is 7.53. The third-order valence-corrected chi connectivity index (χ3v) is 10.2. The smallest absolute Gasteiger partial charge is 0.374 e. The van der Waals surface area contributed by atoms with Gasteiger partial charge in [0.25, 0.3) is 0 Å². The molecule has 1 rings (SSSR count). The summed E-state index contributed by atoms with van der Waals surface area (Å²) in [4.78, 5) is 0. The molecule has 2 atom stereocenters. The minimum Gasteiger partial charge on any atom is -0.393 e. The van der Waals surface area contributed by atoms with E-state index in [-0.39, 0.29) is 0 Å². The zero-order valence-corrected chi connectivity index (χ0v) is 18.8.